The molecule has 0 aliphatic heterocycles. The van der Waals surface area contributed by atoms with Gasteiger partial charge in [-0.2, -0.15) is 0 Å². The molecule has 2 aromatic rings. The third kappa shape index (κ3) is 2.59. The van der Waals surface area contributed by atoms with Gasteiger partial charge < -0.3 is 0 Å². The first-order valence-electron chi connectivity index (χ1n) is 4.75. The van der Waals surface area contributed by atoms with E-state index in [1.807, 2.05) is 26.0 Å². The second-order valence-corrected chi connectivity index (χ2v) is 5.08. The third-order valence-corrected chi connectivity index (χ3v) is 4.16. The maximum Gasteiger partial charge on any atom is 0.194 e. The van der Waals surface area contributed by atoms with Crippen molar-refractivity contribution in [1.29, 1.82) is 0 Å². The van der Waals surface area contributed by atoms with Crippen molar-refractivity contribution >= 4 is 27.7 Å². The van der Waals surface area contributed by atoms with Crippen molar-refractivity contribution in [2.75, 3.05) is 0 Å². The first-order valence-corrected chi connectivity index (χ1v) is 6.36. The summed E-state index contributed by atoms with van der Waals surface area (Å²) >= 11 is 4.98. The van der Waals surface area contributed by atoms with Gasteiger partial charge in [0.15, 0.2) is 5.16 Å². The summed E-state index contributed by atoms with van der Waals surface area (Å²) in [5.74, 6) is 0. The average Bonchev–Trinajstić information content (AvgIpc) is 2.25. The van der Waals surface area contributed by atoms with Crippen LogP contribution in [0.1, 0.15) is 11.3 Å². The molecule has 0 radical (unpaired) electrons. The Morgan fingerprint density at radius 1 is 1.12 bits per heavy atom. The van der Waals surface area contributed by atoms with E-state index in [2.05, 4.69) is 30.9 Å². The van der Waals surface area contributed by atoms with Crippen LogP contribution in [0.3, 0.4) is 0 Å². The second-order valence-electron chi connectivity index (χ2n) is 3.33. The highest BCUT2D eigenvalue weighted by Crippen LogP contribution is 2.31. The summed E-state index contributed by atoms with van der Waals surface area (Å²) in [5.41, 5.74) is 2.12. The Bertz CT molecular complexity index is 516. The Hall–Kier alpha value is -0.940. The van der Waals surface area contributed by atoms with Gasteiger partial charge in [0.05, 0.1) is 4.47 Å². The molecule has 0 saturated heterocycles. The van der Waals surface area contributed by atoms with E-state index in [1.54, 1.807) is 12.4 Å². The van der Waals surface area contributed by atoms with Crippen LogP contribution < -0.4 is 0 Å². The monoisotopic (exact) mass is 295 g/mol. The molecule has 3 nitrogen and oxygen atoms in total. The Morgan fingerprint density at radius 3 is 2.62 bits per heavy atom. The fraction of sp³-hybridized carbons (Fsp3) is 0.182. The fourth-order valence-electron chi connectivity index (χ4n) is 1.15. The van der Waals surface area contributed by atoms with Gasteiger partial charge in [0.2, 0.25) is 0 Å². The standard InChI is InChI=1S/C11H10BrN3S/c1-7-3-5-13-10(9(7)12)16-11-14-6-4-8(2)15-11/h3-6H,1-2H3. The minimum absolute atomic E-state index is 0.721. The van der Waals surface area contributed by atoms with E-state index in [1.165, 1.54) is 11.8 Å². The minimum atomic E-state index is 0.721. The quantitative estimate of drug-likeness (QED) is 0.796. The van der Waals surface area contributed by atoms with Gasteiger partial charge in [-0.25, -0.2) is 15.0 Å². The molecule has 0 atom stereocenters. The first-order chi connectivity index (χ1) is 7.66. The highest BCUT2D eigenvalue weighted by atomic mass is 79.9. The molecule has 0 spiro atoms. The van der Waals surface area contributed by atoms with Gasteiger partial charge in [0.1, 0.15) is 5.03 Å². The SMILES string of the molecule is Cc1ccnc(Sc2nccc(C)c2Br)n1. The molecule has 0 N–H and O–H groups in total. The lowest BCUT2D eigenvalue weighted by molar-refractivity contribution is 0.926. The van der Waals surface area contributed by atoms with Gasteiger partial charge in [-0.05, 0) is 59.2 Å². The van der Waals surface area contributed by atoms with Crippen molar-refractivity contribution in [1.82, 2.24) is 15.0 Å². The predicted molar refractivity (Wildman–Crippen MR) is 67.6 cm³/mol. The van der Waals surface area contributed by atoms with Crippen molar-refractivity contribution in [2.24, 2.45) is 0 Å². The number of rotatable bonds is 2. The zero-order valence-corrected chi connectivity index (χ0v) is 11.3. The molecule has 0 unspecified atom stereocenters. The Morgan fingerprint density at radius 2 is 1.88 bits per heavy atom. The van der Waals surface area contributed by atoms with Crippen molar-refractivity contribution in [2.45, 2.75) is 24.0 Å². The van der Waals surface area contributed by atoms with E-state index in [0.29, 0.717) is 0 Å². The van der Waals surface area contributed by atoms with E-state index >= 15 is 0 Å². The molecule has 0 aliphatic carbocycles. The molecule has 0 aliphatic rings. The van der Waals surface area contributed by atoms with Crippen LogP contribution in [0, 0.1) is 13.8 Å². The largest absolute Gasteiger partial charge is 0.248 e. The summed E-state index contributed by atoms with van der Waals surface area (Å²) in [6.07, 6.45) is 3.55. The zero-order chi connectivity index (χ0) is 11.5. The summed E-state index contributed by atoms with van der Waals surface area (Å²) in [5, 5.41) is 1.62. The molecule has 0 bridgehead atoms. The minimum Gasteiger partial charge on any atom is -0.248 e. The number of aryl methyl sites for hydroxylation is 2. The second kappa shape index (κ2) is 4.93. The lowest BCUT2D eigenvalue weighted by Crippen LogP contribution is -1.90. The molecule has 82 valence electrons. The average molecular weight is 296 g/mol. The van der Waals surface area contributed by atoms with Gasteiger partial charge in [0, 0.05) is 18.1 Å². The molecule has 2 aromatic heterocycles. The van der Waals surface area contributed by atoms with Crippen molar-refractivity contribution < 1.29 is 0 Å². The van der Waals surface area contributed by atoms with Crippen LogP contribution in [-0.4, -0.2) is 15.0 Å². The van der Waals surface area contributed by atoms with Crippen LogP contribution in [0.5, 0.6) is 0 Å². The van der Waals surface area contributed by atoms with Gasteiger partial charge in [-0.3, -0.25) is 0 Å². The highest BCUT2D eigenvalue weighted by Gasteiger charge is 2.07. The first kappa shape index (κ1) is 11.5. The van der Waals surface area contributed by atoms with Crippen molar-refractivity contribution in [3.05, 3.63) is 40.3 Å². The number of pyridine rings is 1. The van der Waals surface area contributed by atoms with Crippen LogP contribution >= 0.6 is 27.7 Å². The Labute approximate surface area is 107 Å². The molecular formula is C11H10BrN3S. The van der Waals surface area contributed by atoms with Crippen LogP contribution in [0.2, 0.25) is 0 Å². The van der Waals surface area contributed by atoms with Crippen molar-refractivity contribution in [3.63, 3.8) is 0 Å². The predicted octanol–water partition coefficient (Wildman–Crippen LogP) is 3.40. The lowest BCUT2D eigenvalue weighted by Gasteiger charge is -2.04. The maximum absolute atomic E-state index is 4.33. The number of nitrogens with zero attached hydrogens (tertiary/aromatic N) is 3. The zero-order valence-electron chi connectivity index (χ0n) is 8.94. The van der Waals surface area contributed by atoms with Crippen LogP contribution in [0.25, 0.3) is 0 Å². The number of aromatic nitrogens is 3. The van der Waals surface area contributed by atoms with Gasteiger partial charge in [0.25, 0.3) is 0 Å². The summed E-state index contributed by atoms with van der Waals surface area (Å²) in [6.45, 7) is 3.98. The van der Waals surface area contributed by atoms with Crippen LogP contribution in [0.4, 0.5) is 0 Å². The van der Waals surface area contributed by atoms with E-state index in [4.69, 9.17) is 0 Å². The number of halogens is 1. The summed E-state index contributed by atoms with van der Waals surface area (Å²) in [4.78, 5) is 12.8. The Balaban J connectivity index is 2.31. The summed E-state index contributed by atoms with van der Waals surface area (Å²) in [7, 11) is 0. The van der Waals surface area contributed by atoms with Gasteiger partial charge >= 0.3 is 0 Å². The normalized spacial score (nSPS) is 10.4. The van der Waals surface area contributed by atoms with Crippen LogP contribution in [-0.2, 0) is 0 Å². The molecule has 2 rings (SSSR count). The van der Waals surface area contributed by atoms with E-state index in [9.17, 15) is 0 Å². The fourth-order valence-corrected chi connectivity index (χ4v) is 2.47. The number of hydrogen-bond acceptors (Lipinski definition) is 4. The third-order valence-electron chi connectivity index (χ3n) is 2.01. The topological polar surface area (TPSA) is 38.7 Å². The van der Waals surface area contributed by atoms with Crippen LogP contribution in [0.15, 0.2) is 39.2 Å². The molecule has 0 saturated carbocycles. The van der Waals surface area contributed by atoms with Gasteiger partial charge in [-0.15, -0.1) is 0 Å². The molecule has 0 amide bonds. The number of hydrogen-bond donors (Lipinski definition) is 0. The molecule has 0 fully saturated rings. The van der Waals surface area contributed by atoms with Gasteiger partial charge in [-0.1, -0.05) is 0 Å². The molecule has 16 heavy (non-hydrogen) atoms. The molecule has 2 heterocycles. The maximum atomic E-state index is 4.33. The lowest BCUT2D eigenvalue weighted by atomic mass is 10.3. The van der Waals surface area contributed by atoms with E-state index < -0.39 is 0 Å². The molecule has 0 aromatic carbocycles. The van der Waals surface area contributed by atoms with E-state index in [-0.39, 0.29) is 0 Å². The molecule has 5 heteroatoms. The van der Waals surface area contributed by atoms with E-state index in [0.717, 1.165) is 25.9 Å². The van der Waals surface area contributed by atoms with Crippen molar-refractivity contribution in [3.8, 4) is 0 Å². The summed E-state index contributed by atoms with van der Waals surface area (Å²) < 4.78 is 1.00. The highest BCUT2D eigenvalue weighted by molar-refractivity contribution is 9.10. The smallest absolute Gasteiger partial charge is 0.194 e. The Kier molecular flexibility index (Phi) is 3.56. The summed E-state index contributed by atoms with van der Waals surface area (Å²) in [6, 6.07) is 3.84. The molecular weight excluding hydrogens is 286 g/mol.